The predicted molar refractivity (Wildman–Crippen MR) is 146 cm³/mol. The Kier molecular flexibility index (Phi) is 6.18. The molecule has 5 aliphatic carbocycles. The van der Waals surface area contributed by atoms with Crippen molar-refractivity contribution in [3.8, 4) is 6.07 Å². The van der Waals surface area contributed by atoms with Crippen LogP contribution in [0.4, 0.5) is 0 Å². The highest BCUT2D eigenvalue weighted by atomic mass is 16.6. The van der Waals surface area contributed by atoms with Crippen LogP contribution in [0.2, 0.25) is 0 Å². The molecule has 0 unspecified atom stereocenters. The molecular formula is C33H43NO4. The van der Waals surface area contributed by atoms with E-state index in [1.165, 1.54) is 19.1 Å². The highest BCUT2D eigenvalue weighted by Crippen LogP contribution is 2.76. The Morgan fingerprint density at radius 2 is 1.79 bits per heavy atom. The normalized spacial score (nSPS) is 41.8. The van der Waals surface area contributed by atoms with Crippen molar-refractivity contribution in [1.82, 2.24) is 0 Å². The van der Waals surface area contributed by atoms with Gasteiger partial charge in [-0.05, 0) is 105 Å². The lowest BCUT2D eigenvalue weighted by Crippen LogP contribution is -2.62. The number of hydrogen-bond donors (Lipinski definition) is 0. The van der Waals surface area contributed by atoms with E-state index in [2.05, 4.69) is 52.8 Å². The fourth-order valence-electron chi connectivity index (χ4n) is 9.49. The molecule has 0 amide bonds. The van der Waals surface area contributed by atoms with Gasteiger partial charge in [-0.2, -0.15) is 5.26 Å². The number of carbonyl (C=O) groups excluding carboxylic acids is 2. The van der Waals surface area contributed by atoms with Crippen LogP contribution in [-0.4, -0.2) is 25.5 Å². The van der Waals surface area contributed by atoms with Gasteiger partial charge in [-0.25, -0.2) is 4.79 Å². The van der Waals surface area contributed by atoms with Gasteiger partial charge >= 0.3 is 5.97 Å². The summed E-state index contributed by atoms with van der Waals surface area (Å²) >= 11 is 0. The Morgan fingerprint density at radius 1 is 1.08 bits per heavy atom. The van der Waals surface area contributed by atoms with Crippen LogP contribution >= 0.6 is 0 Å². The van der Waals surface area contributed by atoms with Crippen LogP contribution in [0.25, 0.3) is 0 Å². The summed E-state index contributed by atoms with van der Waals surface area (Å²) in [4.78, 5) is 25.0. The Labute approximate surface area is 228 Å². The van der Waals surface area contributed by atoms with Gasteiger partial charge in [-0.15, -0.1) is 0 Å². The van der Waals surface area contributed by atoms with Gasteiger partial charge in [-0.3, -0.25) is 4.79 Å². The van der Waals surface area contributed by atoms with Gasteiger partial charge in [0.1, 0.15) is 0 Å². The van der Waals surface area contributed by atoms with Gasteiger partial charge < -0.3 is 9.47 Å². The average Bonchev–Trinajstić information content (AvgIpc) is 2.89. The van der Waals surface area contributed by atoms with Crippen LogP contribution in [0, 0.1) is 44.3 Å². The second-order valence-electron chi connectivity index (χ2n) is 13.7. The molecule has 0 N–H and O–H groups in total. The SMILES string of the molecule is CC[C@@]12CC[C@@]3(C)C4=CC(=O)C(OCC(=O)OC)=C(C)C4=CC=C3[C@@]1(C)CC[C@@]1(C)CC[C@@](C)(C#N)C[C@H]12. The third kappa shape index (κ3) is 3.48. The molecule has 0 radical (unpaired) electrons. The maximum Gasteiger partial charge on any atom is 0.343 e. The molecule has 0 heterocycles. The quantitative estimate of drug-likeness (QED) is 0.370. The monoisotopic (exact) mass is 517 g/mol. The van der Waals surface area contributed by atoms with Crippen molar-refractivity contribution in [2.45, 2.75) is 92.9 Å². The highest BCUT2D eigenvalue weighted by molar-refractivity contribution is 6.07. The minimum atomic E-state index is -0.504. The number of rotatable bonds is 4. The number of ether oxygens (including phenoxy) is 2. The fourth-order valence-corrected chi connectivity index (χ4v) is 9.49. The van der Waals surface area contributed by atoms with Crippen molar-refractivity contribution < 1.29 is 19.1 Å². The Bertz CT molecular complexity index is 1260. The number of fused-ring (bicyclic) bond motifs is 7. The molecule has 0 bridgehead atoms. The number of ketones is 1. The first kappa shape index (κ1) is 27.0. The van der Waals surface area contributed by atoms with Crippen LogP contribution in [0.5, 0.6) is 0 Å². The third-order valence-corrected chi connectivity index (χ3v) is 12.0. The molecular weight excluding hydrogens is 474 g/mol. The lowest BCUT2D eigenvalue weighted by atomic mass is 9.33. The Hall–Kier alpha value is -2.61. The van der Waals surface area contributed by atoms with E-state index < -0.39 is 5.97 Å². The van der Waals surface area contributed by atoms with E-state index in [1.807, 2.05) is 6.92 Å². The number of hydrogen-bond acceptors (Lipinski definition) is 5. The largest absolute Gasteiger partial charge is 0.477 e. The van der Waals surface area contributed by atoms with E-state index in [0.717, 1.165) is 61.7 Å². The standard InChI is InChI=1S/C33H43NO4/c1-8-33-16-14-31(5)23-17-24(35)28(38-19-27(36)37-7)21(2)22(23)9-10-25(31)32(33,6)15-13-30(4)12-11-29(3,20-34)18-26(30)33/h9-10,17,26H,8,11-16,18-19H2,1-7H3/t26-,29-,30-,31+,32-,33+/m1/s1. The summed E-state index contributed by atoms with van der Waals surface area (Å²) < 4.78 is 10.3. The highest BCUT2D eigenvalue weighted by Gasteiger charge is 2.67. The summed E-state index contributed by atoms with van der Waals surface area (Å²) in [6, 6.07) is 2.70. The second kappa shape index (κ2) is 8.70. The number of methoxy groups -OCH3 is 1. The topological polar surface area (TPSA) is 76.4 Å². The zero-order valence-corrected chi connectivity index (χ0v) is 24.3. The van der Waals surface area contributed by atoms with Crippen LogP contribution < -0.4 is 0 Å². The lowest BCUT2D eigenvalue weighted by Gasteiger charge is -2.70. The summed E-state index contributed by atoms with van der Waals surface area (Å²) in [5.74, 6) is 0.0687. The van der Waals surface area contributed by atoms with Gasteiger partial charge in [0.2, 0.25) is 5.78 Å². The summed E-state index contributed by atoms with van der Waals surface area (Å²) in [5, 5.41) is 10.1. The van der Waals surface area contributed by atoms with E-state index >= 15 is 0 Å². The molecule has 0 aromatic carbocycles. The second-order valence-corrected chi connectivity index (χ2v) is 13.7. The van der Waals surface area contributed by atoms with Crippen LogP contribution in [0.1, 0.15) is 92.9 Å². The maximum atomic E-state index is 13.3. The number of carbonyl (C=O) groups is 2. The third-order valence-electron chi connectivity index (χ3n) is 12.0. The first-order valence-corrected chi connectivity index (χ1v) is 14.3. The molecule has 0 aromatic heterocycles. The van der Waals surface area contributed by atoms with Crippen molar-refractivity contribution in [1.29, 1.82) is 5.26 Å². The molecule has 5 heteroatoms. The minimum absolute atomic E-state index is 0.00215. The molecule has 0 spiro atoms. The van der Waals surface area contributed by atoms with Crippen molar-refractivity contribution in [3.05, 3.63) is 46.3 Å². The molecule has 5 rings (SSSR count). The molecule has 5 aliphatic rings. The van der Waals surface area contributed by atoms with E-state index in [9.17, 15) is 14.9 Å². The molecule has 6 atom stereocenters. The average molecular weight is 518 g/mol. The molecule has 0 aromatic rings. The molecule has 0 saturated heterocycles. The summed E-state index contributed by atoms with van der Waals surface area (Å²) in [6.07, 6.45) is 14.9. The van der Waals surface area contributed by atoms with E-state index in [1.54, 1.807) is 6.08 Å². The molecule has 3 fully saturated rings. The number of nitriles is 1. The Morgan fingerprint density at radius 3 is 2.45 bits per heavy atom. The summed E-state index contributed by atoms with van der Waals surface area (Å²) in [7, 11) is 1.31. The van der Waals surface area contributed by atoms with Crippen LogP contribution in [0.3, 0.4) is 0 Å². The van der Waals surface area contributed by atoms with Gasteiger partial charge in [0.15, 0.2) is 12.4 Å². The Balaban J connectivity index is 1.60. The zero-order chi connectivity index (χ0) is 27.7. The van der Waals surface area contributed by atoms with Crippen molar-refractivity contribution in [2.75, 3.05) is 13.7 Å². The molecule has 38 heavy (non-hydrogen) atoms. The van der Waals surface area contributed by atoms with Gasteiger partial charge in [0, 0.05) is 11.0 Å². The van der Waals surface area contributed by atoms with Crippen molar-refractivity contribution in [3.63, 3.8) is 0 Å². The van der Waals surface area contributed by atoms with E-state index in [4.69, 9.17) is 9.47 Å². The number of allylic oxidation sites excluding steroid dienone is 7. The lowest BCUT2D eigenvalue weighted by molar-refractivity contribution is -0.166. The fraction of sp³-hybridized carbons (Fsp3) is 0.667. The van der Waals surface area contributed by atoms with Gasteiger partial charge in [0.05, 0.1) is 18.6 Å². The predicted octanol–water partition coefficient (Wildman–Crippen LogP) is 7.16. The molecule has 0 aliphatic heterocycles. The van der Waals surface area contributed by atoms with Crippen LogP contribution in [-0.2, 0) is 19.1 Å². The maximum absolute atomic E-state index is 13.3. The molecule has 3 saturated carbocycles. The first-order chi connectivity index (χ1) is 17.8. The summed E-state index contributed by atoms with van der Waals surface area (Å²) in [5.41, 5.74) is 4.31. The zero-order valence-electron chi connectivity index (χ0n) is 24.3. The van der Waals surface area contributed by atoms with E-state index in [-0.39, 0.29) is 45.2 Å². The first-order valence-electron chi connectivity index (χ1n) is 14.3. The van der Waals surface area contributed by atoms with Crippen molar-refractivity contribution in [2.24, 2.45) is 33.0 Å². The number of nitrogens with zero attached hydrogens (tertiary/aromatic N) is 1. The molecule has 5 nitrogen and oxygen atoms in total. The van der Waals surface area contributed by atoms with E-state index in [0.29, 0.717) is 5.92 Å². The minimum Gasteiger partial charge on any atom is -0.477 e. The smallest absolute Gasteiger partial charge is 0.343 e. The number of esters is 1. The molecule has 204 valence electrons. The van der Waals surface area contributed by atoms with Crippen molar-refractivity contribution >= 4 is 11.8 Å². The van der Waals surface area contributed by atoms with Crippen LogP contribution in [0.15, 0.2) is 46.3 Å². The van der Waals surface area contributed by atoms with Gasteiger partial charge in [0.25, 0.3) is 0 Å². The van der Waals surface area contributed by atoms with Gasteiger partial charge in [-0.1, -0.05) is 45.4 Å². The summed E-state index contributed by atoms with van der Waals surface area (Å²) in [6.45, 7) is 13.5.